The van der Waals surface area contributed by atoms with E-state index in [1.54, 1.807) is 6.20 Å². The molecule has 0 radical (unpaired) electrons. The van der Waals surface area contributed by atoms with Crippen molar-refractivity contribution in [3.63, 3.8) is 0 Å². The van der Waals surface area contributed by atoms with Crippen LogP contribution in [0.2, 0.25) is 0 Å². The Kier molecular flexibility index (Phi) is 4.33. The molecule has 1 aliphatic rings. The SMILES string of the molecule is COc1nccnc1C(CC1CCS(=O)(=O)C1)NN. The first-order chi connectivity index (χ1) is 9.05. The quantitative estimate of drug-likeness (QED) is 0.571. The first kappa shape index (κ1) is 14.2. The van der Waals surface area contributed by atoms with Gasteiger partial charge in [0.1, 0.15) is 5.69 Å². The Hall–Kier alpha value is -1.25. The fraction of sp³-hybridized carbons (Fsp3) is 0.636. The topological polar surface area (TPSA) is 107 Å². The molecule has 8 heteroatoms. The van der Waals surface area contributed by atoms with Crippen LogP contribution >= 0.6 is 0 Å². The van der Waals surface area contributed by atoms with E-state index in [9.17, 15) is 8.42 Å². The molecule has 0 amide bonds. The van der Waals surface area contributed by atoms with Crippen LogP contribution in [-0.2, 0) is 9.84 Å². The lowest BCUT2D eigenvalue weighted by Gasteiger charge is -2.19. The molecule has 3 N–H and O–H groups in total. The molecule has 0 aliphatic carbocycles. The molecule has 1 fully saturated rings. The van der Waals surface area contributed by atoms with E-state index in [0.29, 0.717) is 24.4 Å². The van der Waals surface area contributed by atoms with E-state index in [4.69, 9.17) is 10.6 Å². The van der Waals surface area contributed by atoms with E-state index in [2.05, 4.69) is 15.4 Å². The molecule has 106 valence electrons. The number of nitrogens with zero attached hydrogens (tertiary/aromatic N) is 2. The molecule has 1 aromatic heterocycles. The zero-order chi connectivity index (χ0) is 13.9. The molecule has 2 rings (SSSR count). The summed E-state index contributed by atoms with van der Waals surface area (Å²) >= 11 is 0. The van der Waals surface area contributed by atoms with Gasteiger partial charge >= 0.3 is 0 Å². The maximum atomic E-state index is 11.5. The van der Waals surface area contributed by atoms with Crippen molar-refractivity contribution in [2.45, 2.75) is 18.9 Å². The highest BCUT2D eigenvalue weighted by Gasteiger charge is 2.31. The number of hydrogen-bond donors (Lipinski definition) is 2. The lowest BCUT2D eigenvalue weighted by atomic mass is 9.97. The fourth-order valence-electron chi connectivity index (χ4n) is 2.38. The number of nitrogens with two attached hydrogens (primary N) is 1. The number of hydrazine groups is 1. The monoisotopic (exact) mass is 286 g/mol. The Balaban J connectivity index is 2.12. The Labute approximate surface area is 112 Å². The number of sulfone groups is 1. The van der Waals surface area contributed by atoms with Gasteiger partial charge in [-0.15, -0.1) is 0 Å². The summed E-state index contributed by atoms with van der Waals surface area (Å²) in [6.45, 7) is 0. The van der Waals surface area contributed by atoms with Crippen LogP contribution in [0.5, 0.6) is 5.88 Å². The van der Waals surface area contributed by atoms with E-state index >= 15 is 0 Å². The Bertz CT molecular complexity index is 534. The summed E-state index contributed by atoms with van der Waals surface area (Å²) in [6.07, 6.45) is 4.37. The summed E-state index contributed by atoms with van der Waals surface area (Å²) in [5, 5.41) is 0. The minimum absolute atomic E-state index is 0.0952. The van der Waals surface area contributed by atoms with Crippen LogP contribution in [0.3, 0.4) is 0 Å². The molecule has 0 spiro atoms. The van der Waals surface area contributed by atoms with Crippen molar-refractivity contribution in [1.82, 2.24) is 15.4 Å². The van der Waals surface area contributed by atoms with E-state index in [1.165, 1.54) is 13.3 Å². The minimum Gasteiger partial charge on any atom is -0.480 e. The molecule has 1 aromatic rings. The minimum atomic E-state index is -2.88. The first-order valence-electron chi connectivity index (χ1n) is 6.07. The third-order valence-corrected chi connectivity index (χ3v) is 5.15. The van der Waals surface area contributed by atoms with Crippen molar-refractivity contribution in [1.29, 1.82) is 0 Å². The number of ether oxygens (including phenoxy) is 1. The summed E-state index contributed by atoms with van der Waals surface area (Å²) in [6, 6.07) is -0.262. The summed E-state index contributed by atoms with van der Waals surface area (Å²) < 4.78 is 28.1. The number of rotatable bonds is 5. The van der Waals surface area contributed by atoms with Crippen LogP contribution in [0.25, 0.3) is 0 Å². The second-order valence-corrected chi connectivity index (χ2v) is 6.90. The maximum Gasteiger partial charge on any atom is 0.237 e. The average Bonchev–Trinajstić information content (AvgIpc) is 2.75. The number of methoxy groups -OCH3 is 1. The summed E-state index contributed by atoms with van der Waals surface area (Å²) in [5.41, 5.74) is 3.28. The van der Waals surface area contributed by atoms with Gasteiger partial charge < -0.3 is 4.74 Å². The van der Waals surface area contributed by atoms with Gasteiger partial charge in [-0.05, 0) is 18.8 Å². The van der Waals surface area contributed by atoms with E-state index in [0.717, 1.165) is 0 Å². The molecule has 2 atom stereocenters. The predicted octanol–water partition coefficient (Wildman–Crippen LogP) is -0.186. The van der Waals surface area contributed by atoms with Gasteiger partial charge in [0.15, 0.2) is 9.84 Å². The van der Waals surface area contributed by atoms with Crippen molar-refractivity contribution in [2.75, 3.05) is 18.6 Å². The van der Waals surface area contributed by atoms with E-state index in [1.807, 2.05) is 0 Å². The van der Waals surface area contributed by atoms with Crippen LogP contribution in [0.15, 0.2) is 12.4 Å². The molecule has 0 aromatic carbocycles. The smallest absolute Gasteiger partial charge is 0.237 e. The lowest BCUT2D eigenvalue weighted by Crippen LogP contribution is -2.31. The Morgan fingerprint density at radius 1 is 1.53 bits per heavy atom. The highest BCUT2D eigenvalue weighted by molar-refractivity contribution is 7.91. The summed E-state index contributed by atoms with van der Waals surface area (Å²) in [4.78, 5) is 8.29. The van der Waals surface area contributed by atoms with Gasteiger partial charge in [0.2, 0.25) is 5.88 Å². The third kappa shape index (κ3) is 3.40. The molecule has 1 aliphatic heterocycles. The number of aromatic nitrogens is 2. The first-order valence-corrected chi connectivity index (χ1v) is 7.89. The van der Waals surface area contributed by atoms with Crippen molar-refractivity contribution in [3.8, 4) is 5.88 Å². The number of hydrogen-bond acceptors (Lipinski definition) is 7. The summed E-state index contributed by atoms with van der Waals surface area (Å²) in [5.74, 6) is 6.53. The second kappa shape index (κ2) is 5.81. The average molecular weight is 286 g/mol. The second-order valence-electron chi connectivity index (χ2n) is 4.67. The molecule has 0 saturated carbocycles. The zero-order valence-electron chi connectivity index (χ0n) is 10.7. The van der Waals surface area contributed by atoms with Crippen LogP contribution in [0.1, 0.15) is 24.6 Å². The van der Waals surface area contributed by atoms with Gasteiger partial charge in [0.05, 0.1) is 24.7 Å². The van der Waals surface area contributed by atoms with Crippen molar-refractivity contribution in [3.05, 3.63) is 18.1 Å². The highest BCUT2D eigenvalue weighted by Crippen LogP contribution is 2.30. The lowest BCUT2D eigenvalue weighted by molar-refractivity contribution is 0.359. The molecule has 19 heavy (non-hydrogen) atoms. The van der Waals surface area contributed by atoms with Crippen molar-refractivity contribution < 1.29 is 13.2 Å². The molecule has 0 bridgehead atoms. The van der Waals surface area contributed by atoms with Crippen molar-refractivity contribution >= 4 is 9.84 Å². The van der Waals surface area contributed by atoms with Crippen LogP contribution in [0.4, 0.5) is 0 Å². The molecule has 1 saturated heterocycles. The zero-order valence-corrected chi connectivity index (χ0v) is 11.6. The van der Waals surface area contributed by atoms with E-state index < -0.39 is 9.84 Å². The molecule has 2 heterocycles. The van der Waals surface area contributed by atoms with Crippen LogP contribution in [0, 0.1) is 5.92 Å². The maximum absolute atomic E-state index is 11.5. The predicted molar refractivity (Wildman–Crippen MR) is 70.0 cm³/mol. The molecule has 2 unspecified atom stereocenters. The van der Waals surface area contributed by atoms with Crippen LogP contribution < -0.4 is 16.0 Å². The fourth-order valence-corrected chi connectivity index (χ4v) is 4.26. The van der Waals surface area contributed by atoms with E-state index in [-0.39, 0.29) is 23.5 Å². The van der Waals surface area contributed by atoms with Crippen LogP contribution in [-0.4, -0.2) is 37.0 Å². The normalized spacial score (nSPS) is 23.2. The largest absolute Gasteiger partial charge is 0.480 e. The molecular formula is C11H18N4O3S. The third-order valence-electron chi connectivity index (χ3n) is 3.31. The van der Waals surface area contributed by atoms with Gasteiger partial charge in [-0.1, -0.05) is 0 Å². The standard InChI is InChI=1S/C11H18N4O3S/c1-18-11-10(13-3-4-14-11)9(15-12)6-8-2-5-19(16,17)7-8/h3-4,8-9,15H,2,5-7,12H2,1H3. The van der Waals surface area contributed by atoms with Gasteiger partial charge in [-0.2, -0.15) is 0 Å². The Morgan fingerprint density at radius 2 is 2.26 bits per heavy atom. The molecule has 7 nitrogen and oxygen atoms in total. The molecular weight excluding hydrogens is 268 g/mol. The Morgan fingerprint density at radius 3 is 2.84 bits per heavy atom. The summed E-state index contributed by atoms with van der Waals surface area (Å²) in [7, 11) is -1.37. The van der Waals surface area contributed by atoms with Crippen molar-refractivity contribution in [2.24, 2.45) is 11.8 Å². The van der Waals surface area contributed by atoms with Gasteiger partial charge in [0.25, 0.3) is 0 Å². The van der Waals surface area contributed by atoms with Gasteiger partial charge in [0, 0.05) is 12.4 Å². The van der Waals surface area contributed by atoms with Gasteiger partial charge in [-0.3, -0.25) is 16.3 Å². The van der Waals surface area contributed by atoms with Gasteiger partial charge in [-0.25, -0.2) is 13.4 Å². The number of nitrogens with one attached hydrogen (secondary N) is 1. The highest BCUT2D eigenvalue weighted by atomic mass is 32.2.